The lowest BCUT2D eigenvalue weighted by Crippen LogP contribution is -2.74. The fourth-order valence-electron chi connectivity index (χ4n) is 3.52. The number of carbonyl (C=O) groups is 1. The number of carbonyl (C=O) groups excluding carboxylic acids is 1. The van der Waals surface area contributed by atoms with Gasteiger partial charge in [-0.25, -0.2) is 19.2 Å². The predicted octanol–water partition coefficient (Wildman–Crippen LogP) is -2.69. The zero-order valence-corrected chi connectivity index (χ0v) is 15.4. The summed E-state index contributed by atoms with van der Waals surface area (Å²) in [6, 6.07) is 3.76. The number of rotatable bonds is 7. The number of esters is 1. The van der Waals surface area contributed by atoms with Crippen molar-refractivity contribution >= 4 is 17.9 Å². The molecular weight excluding hydrogens is 387 g/mol. The lowest BCUT2D eigenvalue weighted by molar-refractivity contribution is -0.0242. The van der Waals surface area contributed by atoms with Gasteiger partial charge in [-0.1, -0.05) is 12.1 Å². The molecule has 1 aromatic carbocycles. The van der Waals surface area contributed by atoms with E-state index in [4.69, 9.17) is 16.2 Å². The summed E-state index contributed by atoms with van der Waals surface area (Å²) >= 11 is 0. The second-order valence-electron chi connectivity index (χ2n) is 6.70. The van der Waals surface area contributed by atoms with Crippen LogP contribution in [0.2, 0.25) is 0 Å². The highest BCUT2D eigenvalue weighted by Gasteiger charge is 2.55. The molecule has 0 saturated carbocycles. The predicted molar refractivity (Wildman–Crippen MR) is 100 cm³/mol. The highest BCUT2D eigenvalue weighted by atomic mass is 19.1. The van der Waals surface area contributed by atoms with Gasteiger partial charge in [-0.3, -0.25) is 0 Å². The van der Waals surface area contributed by atoms with Crippen molar-refractivity contribution in [2.45, 2.75) is 23.9 Å². The molecule has 0 amide bonds. The molecule has 8 N–H and O–H groups in total. The number of aliphatic hydroxyl groups is 3. The van der Waals surface area contributed by atoms with Gasteiger partial charge in [0.15, 0.2) is 17.6 Å². The van der Waals surface area contributed by atoms with E-state index in [9.17, 15) is 24.5 Å². The van der Waals surface area contributed by atoms with Crippen LogP contribution in [0.5, 0.6) is 0 Å². The zero-order chi connectivity index (χ0) is 21.2. The van der Waals surface area contributed by atoms with Crippen molar-refractivity contribution in [3.8, 4) is 0 Å². The number of benzene rings is 1. The minimum atomic E-state index is -1.35. The second kappa shape index (κ2) is 8.19. The minimum Gasteiger partial charge on any atom is -0.454 e. The van der Waals surface area contributed by atoms with Crippen LogP contribution in [0.1, 0.15) is 10.4 Å². The number of guanidine groups is 2. The number of halogens is 1. The number of nitrogens with one attached hydrogen (secondary N) is 1. The Morgan fingerprint density at radius 2 is 2.03 bits per heavy atom. The van der Waals surface area contributed by atoms with E-state index >= 15 is 0 Å². The van der Waals surface area contributed by atoms with E-state index in [0.29, 0.717) is 0 Å². The number of fused-ring (bicyclic) bond motifs is 1. The van der Waals surface area contributed by atoms with E-state index in [0.717, 1.165) is 6.07 Å². The molecule has 158 valence electrons. The molecule has 29 heavy (non-hydrogen) atoms. The Labute approximate surface area is 165 Å². The Morgan fingerprint density at radius 3 is 2.66 bits per heavy atom. The second-order valence-corrected chi connectivity index (χ2v) is 6.70. The van der Waals surface area contributed by atoms with Crippen molar-refractivity contribution in [2.24, 2.45) is 21.5 Å². The fourth-order valence-corrected chi connectivity index (χ4v) is 3.52. The monoisotopic (exact) mass is 410 g/mol. The van der Waals surface area contributed by atoms with Gasteiger partial charge >= 0.3 is 5.97 Å². The van der Waals surface area contributed by atoms with Crippen molar-refractivity contribution in [3.05, 3.63) is 35.6 Å². The number of nitrogens with two attached hydrogens (primary N) is 2. The lowest BCUT2D eigenvalue weighted by atomic mass is 9.92. The summed E-state index contributed by atoms with van der Waals surface area (Å²) in [5, 5.41) is 32.2. The molecule has 2 aliphatic heterocycles. The molecule has 1 aromatic rings. The molecule has 0 aromatic heterocycles. The smallest absolute Gasteiger partial charge is 0.341 e. The van der Waals surface area contributed by atoms with Gasteiger partial charge in [-0.15, -0.1) is 0 Å². The van der Waals surface area contributed by atoms with Crippen molar-refractivity contribution in [3.63, 3.8) is 0 Å². The molecule has 4 atom stereocenters. The van der Waals surface area contributed by atoms with E-state index in [-0.39, 0.29) is 30.6 Å². The average Bonchev–Trinajstić information content (AvgIpc) is 3.06. The summed E-state index contributed by atoms with van der Waals surface area (Å²) in [6.45, 7) is -1.70. The average molecular weight is 410 g/mol. The summed E-state index contributed by atoms with van der Waals surface area (Å²) in [5.41, 5.74) is 10.2. The highest BCUT2D eigenvalue weighted by Crippen LogP contribution is 2.31. The standard InChI is InChI=1S/C17H23FN6O5/c18-11-4-2-1-3-10(11)14(28)29-9(6-25)5-24-16(20)21-12(7-26)13-17(24,8-27)23-15(19)22-13/h1-4,9,12-13,25-27H,5-8H2,(H2,20,21)(H3,19,22,23)/t9-,12?,13?,17?/m0/s1. The molecule has 2 heterocycles. The maximum Gasteiger partial charge on any atom is 0.341 e. The van der Waals surface area contributed by atoms with Crippen LogP contribution < -0.4 is 16.8 Å². The van der Waals surface area contributed by atoms with Crippen LogP contribution in [0.4, 0.5) is 4.39 Å². The third kappa shape index (κ3) is 3.69. The van der Waals surface area contributed by atoms with Crippen molar-refractivity contribution in [1.29, 1.82) is 0 Å². The Bertz CT molecular complexity index is 836. The molecule has 12 heteroatoms. The third-order valence-electron chi connectivity index (χ3n) is 4.92. The first-order valence-electron chi connectivity index (χ1n) is 8.86. The van der Waals surface area contributed by atoms with Crippen LogP contribution in [0.15, 0.2) is 34.3 Å². The van der Waals surface area contributed by atoms with Crippen molar-refractivity contribution < 1.29 is 29.2 Å². The van der Waals surface area contributed by atoms with Gasteiger partial charge in [0, 0.05) is 0 Å². The van der Waals surface area contributed by atoms with E-state index in [1.807, 2.05) is 0 Å². The molecule has 0 bridgehead atoms. The number of aliphatic hydroxyl groups excluding tert-OH is 3. The lowest BCUT2D eigenvalue weighted by Gasteiger charge is -2.48. The Morgan fingerprint density at radius 1 is 1.31 bits per heavy atom. The van der Waals surface area contributed by atoms with Gasteiger partial charge in [0.1, 0.15) is 24.0 Å². The van der Waals surface area contributed by atoms with Crippen LogP contribution in [0.25, 0.3) is 0 Å². The molecule has 0 radical (unpaired) electrons. The van der Waals surface area contributed by atoms with Gasteiger partial charge in [-0.2, -0.15) is 0 Å². The number of nitrogens with zero attached hydrogens (tertiary/aromatic N) is 3. The maximum atomic E-state index is 13.8. The van der Waals surface area contributed by atoms with E-state index in [1.165, 1.54) is 23.1 Å². The summed E-state index contributed by atoms with van der Waals surface area (Å²) in [7, 11) is 0. The van der Waals surface area contributed by atoms with Gasteiger partial charge in [0.25, 0.3) is 0 Å². The van der Waals surface area contributed by atoms with Crippen LogP contribution >= 0.6 is 0 Å². The van der Waals surface area contributed by atoms with Gasteiger partial charge in [-0.05, 0) is 12.1 Å². The van der Waals surface area contributed by atoms with Crippen LogP contribution in [-0.4, -0.2) is 88.3 Å². The first kappa shape index (κ1) is 20.8. The number of aliphatic imine (C=N–C) groups is 2. The number of hydrogen-bond acceptors (Lipinski definition) is 11. The maximum absolute atomic E-state index is 13.8. The van der Waals surface area contributed by atoms with E-state index < -0.39 is 48.9 Å². The first-order valence-corrected chi connectivity index (χ1v) is 8.86. The number of ether oxygens (including phenoxy) is 1. The molecule has 0 aliphatic carbocycles. The molecule has 3 rings (SSSR count). The number of hydrogen-bond donors (Lipinski definition) is 6. The minimum absolute atomic E-state index is 0.0151. The third-order valence-corrected chi connectivity index (χ3v) is 4.92. The normalized spacial score (nSPS) is 26.8. The summed E-state index contributed by atoms with van der Waals surface area (Å²) in [4.78, 5) is 22.0. The molecule has 3 unspecified atom stereocenters. The van der Waals surface area contributed by atoms with Gasteiger partial charge in [0.2, 0.25) is 0 Å². The van der Waals surface area contributed by atoms with Gasteiger partial charge < -0.3 is 41.7 Å². The van der Waals surface area contributed by atoms with Crippen LogP contribution in [0.3, 0.4) is 0 Å². The van der Waals surface area contributed by atoms with Crippen LogP contribution in [-0.2, 0) is 4.74 Å². The van der Waals surface area contributed by atoms with Crippen LogP contribution in [0, 0.1) is 5.82 Å². The zero-order valence-electron chi connectivity index (χ0n) is 15.4. The topological polar surface area (TPSA) is 179 Å². The summed E-state index contributed by atoms with van der Waals surface area (Å²) < 4.78 is 19.1. The largest absolute Gasteiger partial charge is 0.454 e. The Kier molecular flexibility index (Phi) is 5.86. The highest BCUT2D eigenvalue weighted by molar-refractivity contribution is 5.90. The molecule has 11 nitrogen and oxygen atoms in total. The molecular formula is C17H23FN6O5. The molecule has 0 fully saturated rings. The molecule has 0 saturated heterocycles. The van der Waals surface area contributed by atoms with E-state index in [1.54, 1.807) is 0 Å². The van der Waals surface area contributed by atoms with Crippen molar-refractivity contribution in [2.75, 3.05) is 26.4 Å². The Balaban J connectivity index is 1.84. The van der Waals surface area contributed by atoms with E-state index in [2.05, 4.69) is 15.3 Å². The fraction of sp³-hybridized carbons (Fsp3) is 0.471. The van der Waals surface area contributed by atoms with Crippen molar-refractivity contribution in [1.82, 2.24) is 10.2 Å². The molecule has 2 aliphatic rings. The first-order chi connectivity index (χ1) is 13.9. The summed E-state index contributed by atoms with van der Waals surface area (Å²) in [5.74, 6) is -1.79. The quantitative estimate of drug-likeness (QED) is 0.261. The molecule has 0 spiro atoms. The Hall–Kier alpha value is -2.96. The van der Waals surface area contributed by atoms with Gasteiger partial charge in [0.05, 0.1) is 31.9 Å². The summed E-state index contributed by atoms with van der Waals surface area (Å²) in [6.07, 6.45) is -1.13. The SMILES string of the molecule is NC1=NC2C(CO)N=C(N)N(C[C@@H](CO)OC(=O)c3ccccc3F)C2(CO)N1.